The second-order valence-corrected chi connectivity index (χ2v) is 4.25. The Balaban J connectivity index is 2.33. The summed E-state index contributed by atoms with van der Waals surface area (Å²) < 4.78 is 11.0. The Morgan fingerprint density at radius 2 is 2.05 bits per heavy atom. The summed E-state index contributed by atoms with van der Waals surface area (Å²) in [7, 11) is 1.54. The van der Waals surface area contributed by atoms with Crippen LogP contribution in [-0.2, 0) is 13.0 Å². The molecule has 0 fully saturated rings. The van der Waals surface area contributed by atoms with Crippen molar-refractivity contribution in [3.63, 3.8) is 0 Å². The molecule has 0 saturated heterocycles. The number of nitrogens with zero attached hydrogens (tertiary/aromatic N) is 2. The van der Waals surface area contributed by atoms with Crippen LogP contribution in [0.4, 0.5) is 5.82 Å². The third kappa shape index (κ3) is 3.59. The van der Waals surface area contributed by atoms with Gasteiger partial charge in [-0.25, -0.2) is 10.8 Å². The first-order valence-corrected chi connectivity index (χ1v) is 6.50. The molecule has 0 radical (unpaired) electrons. The van der Waals surface area contributed by atoms with Crippen LogP contribution >= 0.6 is 0 Å². The summed E-state index contributed by atoms with van der Waals surface area (Å²) in [5.74, 6) is 7.85. The molecule has 2 aromatic rings. The second-order valence-electron chi connectivity index (χ2n) is 4.25. The van der Waals surface area contributed by atoms with Gasteiger partial charge in [0.15, 0.2) is 11.5 Å². The van der Waals surface area contributed by atoms with Gasteiger partial charge in [0.25, 0.3) is 0 Å². The number of hydrogen-bond donors (Lipinski definition) is 3. The van der Waals surface area contributed by atoms with E-state index >= 15 is 0 Å². The highest BCUT2D eigenvalue weighted by atomic mass is 16.5. The summed E-state index contributed by atoms with van der Waals surface area (Å²) >= 11 is 0. The van der Waals surface area contributed by atoms with E-state index in [4.69, 9.17) is 20.4 Å². The molecule has 7 heteroatoms. The number of aliphatic hydroxyl groups excluding tert-OH is 1. The normalized spacial score (nSPS) is 10.3. The van der Waals surface area contributed by atoms with E-state index < -0.39 is 0 Å². The minimum Gasteiger partial charge on any atom is -0.493 e. The highest BCUT2D eigenvalue weighted by Gasteiger charge is 2.10. The van der Waals surface area contributed by atoms with Crippen molar-refractivity contribution in [2.24, 2.45) is 5.84 Å². The summed E-state index contributed by atoms with van der Waals surface area (Å²) in [5.41, 5.74) is 3.22. The Labute approximate surface area is 122 Å². The molecule has 0 saturated carbocycles. The summed E-state index contributed by atoms with van der Waals surface area (Å²) in [5, 5.41) is 9.14. The van der Waals surface area contributed by atoms with Crippen molar-refractivity contribution in [3.05, 3.63) is 35.7 Å². The van der Waals surface area contributed by atoms with Gasteiger partial charge in [-0.2, -0.15) is 4.98 Å². The van der Waals surface area contributed by atoms with E-state index in [0.717, 1.165) is 5.56 Å². The van der Waals surface area contributed by atoms with Crippen LogP contribution in [0.1, 0.15) is 18.3 Å². The number of nitrogens with two attached hydrogens (primary N) is 1. The maximum absolute atomic E-state index is 9.14. The number of ether oxygens (including phenoxy) is 2. The van der Waals surface area contributed by atoms with E-state index in [1.54, 1.807) is 24.3 Å². The highest BCUT2D eigenvalue weighted by Crippen LogP contribution is 2.32. The number of anilines is 1. The quantitative estimate of drug-likeness (QED) is 0.548. The lowest BCUT2D eigenvalue weighted by molar-refractivity contribution is 0.280. The van der Waals surface area contributed by atoms with Crippen molar-refractivity contribution < 1.29 is 14.6 Å². The standard InChI is InChI=1S/C14H18N4O3/c1-3-12-16-13(18-15)7-14(17-12)21-10-5-4-9(8-19)6-11(10)20-2/h4-7,19H,3,8,15H2,1-2H3,(H,16,17,18). The first kappa shape index (κ1) is 15.0. The lowest BCUT2D eigenvalue weighted by Gasteiger charge is -2.12. The van der Waals surface area contributed by atoms with Crippen molar-refractivity contribution >= 4 is 5.82 Å². The predicted molar refractivity (Wildman–Crippen MR) is 78.2 cm³/mol. The van der Waals surface area contributed by atoms with E-state index in [1.165, 1.54) is 7.11 Å². The summed E-state index contributed by atoms with van der Waals surface area (Å²) in [6.07, 6.45) is 0.659. The van der Waals surface area contributed by atoms with Crippen molar-refractivity contribution in [2.45, 2.75) is 20.0 Å². The fourth-order valence-electron chi connectivity index (χ4n) is 1.76. The number of nitrogen functional groups attached to an aromatic ring is 1. The zero-order valence-corrected chi connectivity index (χ0v) is 12.0. The van der Waals surface area contributed by atoms with Gasteiger partial charge in [0, 0.05) is 12.5 Å². The zero-order valence-electron chi connectivity index (χ0n) is 12.0. The third-order valence-corrected chi connectivity index (χ3v) is 2.84. The van der Waals surface area contributed by atoms with Crippen molar-refractivity contribution in [3.8, 4) is 17.4 Å². The average molecular weight is 290 g/mol. The largest absolute Gasteiger partial charge is 0.493 e. The lowest BCUT2D eigenvalue weighted by Crippen LogP contribution is -2.10. The highest BCUT2D eigenvalue weighted by molar-refractivity contribution is 5.46. The van der Waals surface area contributed by atoms with Crippen molar-refractivity contribution in [1.82, 2.24) is 9.97 Å². The number of aromatic nitrogens is 2. The van der Waals surface area contributed by atoms with E-state index in [9.17, 15) is 0 Å². The Morgan fingerprint density at radius 1 is 1.24 bits per heavy atom. The topological polar surface area (TPSA) is 103 Å². The molecule has 4 N–H and O–H groups in total. The Bertz CT molecular complexity index is 597. The van der Waals surface area contributed by atoms with Gasteiger partial charge in [-0.3, -0.25) is 0 Å². The molecule has 1 aromatic carbocycles. The number of hydrogen-bond acceptors (Lipinski definition) is 7. The van der Waals surface area contributed by atoms with Gasteiger partial charge >= 0.3 is 0 Å². The van der Waals surface area contributed by atoms with Crippen LogP contribution in [0.3, 0.4) is 0 Å². The van der Waals surface area contributed by atoms with Gasteiger partial charge in [0.05, 0.1) is 13.7 Å². The van der Waals surface area contributed by atoms with Gasteiger partial charge in [0.2, 0.25) is 5.88 Å². The monoisotopic (exact) mass is 290 g/mol. The van der Waals surface area contributed by atoms with Gasteiger partial charge in [-0.1, -0.05) is 13.0 Å². The first-order valence-electron chi connectivity index (χ1n) is 6.50. The van der Waals surface area contributed by atoms with Crippen LogP contribution in [0, 0.1) is 0 Å². The first-order chi connectivity index (χ1) is 10.2. The van der Waals surface area contributed by atoms with Gasteiger partial charge < -0.3 is 20.0 Å². The summed E-state index contributed by atoms with van der Waals surface area (Å²) in [6, 6.07) is 6.77. The average Bonchev–Trinajstić information content (AvgIpc) is 2.54. The molecule has 1 heterocycles. The molecule has 7 nitrogen and oxygen atoms in total. The number of nitrogens with one attached hydrogen (secondary N) is 1. The summed E-state index contributed by atoms with van der Waals surface area (Å²) in [6.45, 7) is 1.88. The van der Waals surface area contributed by atoms with Gasteiger partial charge in [-0.05, 0) is 17.7 Å². The van der Waals surface area contributed by atoms with Gasteiger partial charge in [0.1, 0.15) is 11.6 Å². The van der Waals surface area contributed by atoms with Crippen LogP contribution in [-0.4, -0.2) is 22.2 Å². The molecular formula is C14H18N4O3. The maximum Gasteiger partial charge on any atom is 0.224 e. The van der Waals surface area contributed by atoms with Crippen LogP contribution in [0.25, 0.3) is 0 Å². The van der Waals surface area contributed by atoms with Crippen LogP contribution in [0.15, 0.2) is 24.3 Å². The van der Waals surface area contributed by atoms with Crippen LogP contribution < -0.4 is 20.7 Å². The maximum atomic E-state index is 9.14. The fraction of sp³-hybridized carbons (Fsp3) is 0.286. The molecule has 0 aliphatic rings. The molecule has 0 aliphatic carbocycles. The van der Waals surface area contributed by atoms with Gasteiger partial charge in [-0.15, -0.1) is 0 Å². The molecule has 2 rings (SSSR count). The van der Waals surface area contributed by atoms with E-state index in [0.29, 0.717) is 35.4 Å². The molecule has 0 amide bonds. The zero-order chi connectivity index (χ0) is 15.2. The molecular weight excluding hydrogens is 272 g/mol. The lowest BCUT2D eigenvalue weighted by atomic mass is 10.2. The predicted octanol–water partition coefficient (Wildman–Crippen LogP) is 1.62. The van der Waals surface area contributed by atoms with E-state index in [-0.39, 0.29) is 6.61 Å². The SMILES string of the molecule is CCc1nc(NN)cc(Oc2ccc(CO)cc2OC)n1. The Hall–Kier alpha value is -2.38. The minimum atomic E-state index is -0.0641. The molecule has 0 atom stereocenters. The summed E-state index contributed by atoms with van der Waals surface area (Å²) in [4.78, 5) is 8.47. The van der Waals surface area contributed by atoms with Crippen molar-refractivity contribution in [1.29, 1.82) is 0 Å². The second kappa shape index (κ2) is 6.87. The molecule has 0 bridgehead atoms. The number of aryl methyl sites for hydroxylation is 1. The van der Waals surface area contributed by atoms with E-state index in [2.05, 4.69) is 15.4 Å². The smallest absolute Gasteiger partial charge is 0.224 e. The number of hydrazine groups is 1. The molecule has 1 aromatic heterocycles. The third-order valence-electron chi connectivity index (χ3n) is 2.84. The number of aliphatic hydroxyl groups is 1. The number of methoxy groups -OCH3 is 1. The molecule has 0 spiro atoms. The Morgan fingerprint density at radius 3 is 2.67 bits per heavy atom. The number of benzene rings is 1. The molecule has 0 unspecified atom stereocenters. The molecule has 0 aliphatic heterocycles. The minimum absolute atomic E-state index is 0.0641. The number of rotatable bonds is 6. The molecule has 112 valence electrons. The van der Waals surface area contributed by atoms with Crippen LogP contribution in [0.5, 0.6) is 17.4 Å². The molecule has 21 heavy (non-hydrogen) atoms. The van der Waals surface area contributed by atoms with E-state index in [1.807, 2.05) is 6.92 Å². The fourth-order valence-corrected chi connectivity index (χ4v) is 1.76. The van der Waals surface area contributed by atoms with Crippen molar-refractivity contribution in [2.75, 3.05) is 12.5 Å². The van der Waals surface area contributed by atoms with Crippen LogP contribution in [0.2, 0.25) is 0 Å². The Kier molecular flexibility index (Phi) is 4.91.